The summed E-state index contributed by atoms with van der Waals surface area (Å²) in [5.41, 5.74) is 1.98. The normalized spacial score (nSPS) is 10.0. The number of hydrogen-bond acceptors (Lipinski definition) is 4. The minimum Gasteiger partial charge on any atom is -0.464 e. The standard InChI is InChI=1S/C11H13ClN4O4/c1-6(2)16(11(19)20)15-10(18)9(17)14-8-4-3-7(12)5-13-8/h3-6H,1-2H3,(H,15,18)(H,19,20)(H,13,14,17). The second-order valence-electron chi connectivity index (χ2n) is 4.00. The first-order valence-corrected chi connectivity index (χ1v) is 5.94. The second-order valence-corrected chi connectivity index (χ2v) is 4.44. The molecule has 8 nitrogen and oxygen atoms in total. The summed E-state index contributed by atoms with van der Waals surface area (Å²) >= 11 is 5.62. The summed E-state index contributed by atoms with van der Waals surface area (Å²) in [4.78, 5) is 37.7. The van der Waals surface area contributed by atoms with Gasteiger partial charge in [-0.25, -0.2) is 14.8 Å². The lowest BCUT2D eigenvalue weighted by Crippen LogP contribution is -2.52. The molecule has 0 saturated heterocycles. The number of aromatic nitrogens is 1. The first kappa shape index (κ1) is 15.7. The molecule has 1 aromatic heterocycles. The van der Waals surface area contributed by atoms with Crippen LogP contribution in [0.4, 0.5) is 10.6 Å². The molecule has 0 radical (unpaired) electrons. The van der Waals surface area contributed by atoms with Crippen LogP contribution in [0.1, 0.15) is 13.8 Å². The third-order valence-corrected chi connectivity index (χ3v) is 2.34. The monoisotopic (exact) mass is 300 g/mol. The second kappa shape index (κ2) is 6.71. The SMILES string of the molecule is CC(C)N(NC(=O)C(=O)Nc1ccc(Cl)cn1)C(=O)O. The summed E-state index contributed by atoms with van der Waals surface area (Å²) < 4.78 is 0. The van der Waals surface area contributed by atoms with Crippen LogP contribution in [0.5, 0.6) is 0 Å². The Bertz CT molecular complexity index is 518. The lowest BCUT2D eigenvalue weighted by atomic mass is 10.4. The third kappa shape index (κ3) is 4.39. The largest absolute Gasteiger partial charge is 0.464 e. The molecule has 1 aromatic rings. The Hall–Kier alpha value is -2.35. The summed E-state index contributed by atoms with van der Waals surface area (Å²) in [6.07, 6.45) is -0.0713. The van der Waals surface area contributed by atoms with Crippen LogP contribution >= 0.6 is 11.6 Å². The highest BCUT2D eigenvalue weighted by Crippen LogP contribution is 2.09. The van der Waals surface area contributed by atoms with Crippen LogP contribution in [-0.4, -0.2) is 39.0 Å². The van der Waals surface area contributed by atoms with Crippen molar-refractivity contribution in [1.82, 2.24) is 15.4 Å². The average molecular weight is 301 g/mol. The van der Waals surface area contributed by atoms with Gasteiger partial charge in [-0.15, -0.1) is 0 Å². The molecule has 0 aliphatic rings. The molecule has 108 valence electrons. The first-order chi connectivity index (χ1) is 9.31. The van der Waals surface area contributed by atoms with Gasteiger partial charge < -0.3 is 10.4 Å². The molecule has 9 heteroatoms. The van der Waals surface area contributed by atoms with E-state index in [1.165, 1.54) is 18.3 Å². The van der Waals surface area contributed by atoms with E-state index in [0.717, 1.165) is 0 Å². The Labute approximate surface area is 119 Å². The highest BCUT2D eigenvalue weighted by atomic mass is 35.5. The van der Waals surface area contributed by atoms with E-state index in [0.29, 0.717) is 10.0 Å². The quantitative estimate of drug-likeness (QED) is 0.559. The Morgan fingerprint density at radius 1 is 1.30 bits per heavy atom. The van der Waals surface area contributed by atoms with Crippen molar-refractivity contribution in [2.45, 2.75) is 19.9 Å². The predicted molar refractivity (Wildman–Crippen MR) is 71.0 cm³/mol. The number of rotatable bonds is 2. The minimum atomic E-state index is -1.37. The maximum atomic E-state index is 11.6. The number of carbonyl (C=O) groups excluding carboxylic acids is 2. The summed E-state index contributed by atoms with van der Waals surface area (Å²) in [6, 6.07) is 2.38. The van der Waals surface area contributed by atoms with E-state index in [9.17, 15) is 14.4 Å². The van der Waals surface area contributed by atoms with Crippen molar-refractivity contribution in [1.29, 1.82) is 0 Å². The van der Waals surface area contributed by atoms with Gasteiger partial charge in [0, 0.05) is 6.20 Å². The van der Waals surface area contributed by atoms with Crippen LogP contribution < -0.4 is 10.7 Å². The number of nitrogens with one attached hydrogen (secondary N) is 2. The minimum absolute atomic E-state index is 0.126. The number of hydrazine groups is 1. The Morgan fingerprint density at radius 2 is 1.95 bits per heavy atom. The maximum Gasteiger partial charge on any atom is 0.426 e. The van der Waals surface area contributed by atoms with E-state index in [4.69, 9.17) is 16.7 Å². The number of pyridine rings is 1. The van der Waals surface area contributed by atoms with Crippen LogP contribution in [0.2, 0.25) is 5.02 Å². The van der Waals surface area contributed by atoms with Crippen molar-refractivity contribution in [3.63, 3.8) is 0 Å². The highest BCUT2D eigenvalue weighted by molar-refractivity contribution is 6.39. The van der Waals surface area contributed by atoms with Crippen LogP contribution in [0.25, 0.3) is 0 Å². The fourth-order valence-electron chi connectivity index (χ4n) is 1.18. The third-order valence-electron chi connectivity index (χ3n) is 2.12. The van der Waals surface area contributed by atoms with Crippen molar-refractivity contribution in [3.05, 3.63) is 23.4 Å². The molecule has 0 bridgehead atoms. The molecule has 20 heavy (non-hydrogen) atoms. The van der Waals surface area contributed by atoms with Crippen LogP contribution in [0.3, 0.4) is 0 Å². The van der Waals surface area contributed by atoms with Crippen molar-refractivity contribution < 1.29 is 19.5 Å². The number of nitrogens with zero attached hydrogens (tertiary/aromatic N) is 2. The molecule has 0 aliphatic heterocycles. The Kier molecular flexibility index (Phi) is 5.27. The molecule has 3 amide bonds. The number of carbonyl (C=O) groups is 3. The van der Waals surface area contributed by atoms with Gasteiger partial charge in [0.2, 0.25) is 0 Å². The fraction of sp³-hybridized carbons (Fsp3) is 0.273. The molecule has 0 atom stereocenters. The summed E-state index contributed by atoms with van der Waals surface area (Å²) in [7, 11) is 0. The van der Waals surface area contributed by atoms with Gasteiger partial charge in [-0.3, -0.25) is 15.0 Å². The molecule has 0 spiro atoms. The topological polar surface area (TPSA) is 112 Å². The van der Waals surface area contributed by atoms with Gasteiger partial charge in [0.25, 0.3) is 0 Å². The van der Waals surface area contributed by atoms with Gasteiger partial charge in [-0.1, -0.05) is 11.6 Å². The molecule has 1 rings (SSSR count). The Morgan fingerprint density at radius 3 is 2.40 bits per heavy atom. The Balaban J connectivity index is 2.65. The van der Waals surface area contributed by atoms with Crippen LogP contribution in [-0.2, 0) is 9.59 Å². The first-order valence-electron chi connectivity index (χ1n) is 5.57. The van der Waals surface area contributed by atoms with Gasteiger partial charge in [0.1, 0.15) is 5.82 Å². The van der Waals surface area contributed by atoms with Gasteiger partial charge in [0.05, 0.1) is 11.1 Å². The van der Waals surface area contributed by atoms with Crippen molar-refractivity contribution in [2.75, 3.05) is 5.32 Å². The lowest BCUT2D eigenvalue weighted by Gasteiger charge is -2.23. The van der Waals surface area contributed by atoms with Gasteiger partial charge >= 0.3 is 17.9 Å². The van der Waals surface area contributed by atoms with Gasteiger partial charge in [-0.2, -0.15) is 0 Å². The number of anilines is 1. The van der Waals surface area contributed by atoms with E-state index < -0.39 is 23.9 Å². The zero-order chi connectivity index (χ0) is 15.3. The molecular formula is C11H13ClN4O4. The zero-order valence-electron chi connectivity index (χ0n) is 10.8. The van der Waals surface area contributed by atoms with Crippen LogP contribution in [0.15, 0.2) is 18.3 Å². The lowest BCUT2D eigenvalue weighted by molar-refractivity contribution is -0.139. The fourth-order valence-corrected chi connectivity index (χ4v) is 1.29. The average Bonchev–Trinajstić information content (AvgIpc) is 2.37. The van der Waals surface area contributed by atoms with Crippen molar-refractivity contribution >= 4 is 35.3 Å². The summed E-state index contributed by atoms with van der Waals surface area (Å²) in [5, 5.41) is 12.1. The molecule has 1 heterocycles. The van der Waals surface area contributed by atoms with E-state index in [-0.39, 0.29) is 5.82 Å². The van der Waals surface area contributed by atoms with Crippen molar-refractivity contribution in [3.8, 4) is 0 Å². The number of hydrogen-bond donors (Lipinski definition) is 3. The molecule has 0 saturated carbocycles. The molecule has 0 fully saturated rings. The molecule has 0 aliphatic carbocycles. The predicted octanol–water partition coefficient (Wildman–Crippen LogP) is 1.09. The maximum absolute atomic E-state index is 11.6. The number of amides is 3. The molecular weight excluding hydrogens is 288 g/mol. The van der Waals surface area contributed by atoms with Crippen LogP contribution in [0, 0.1) is 0 Å². The summed E-state index contributed by atoms with van der Waals surface area (Å²) in [5.74, 6) is -2.02. The van der Waals surface area contributed by atoms with Crippen molar-refractivity contribution in [2.24, 2.45) is 0 Å². The van der Waals surface area contributed by atoms with E-state index in [1.54, 1.807) is 13.8 Å². The van der Waals surface area contributed by atoms with E-state index >= 15 is 0 Å². The number of carboxylic acid groups (broad SMARTS) is 1. The molecule has 0 unspecified atom stereocenters. The smallest absolute Gasteiger partial charge is 0.426 e. The van der Waals surface area contributed by atoms with E-state index in [1.807, 2.05) is 5.43 Å². The van der Waals surface area contributed by atoms with E-state index in [2.05, 4.69) is 10.3 Å². The highest BCUT2D eigenvalue weighted by Gasteiger charge is 2.22. The molecule has 3 N–H and O–H groups in total. The zero-order valence-corrected chi connectivity index (χ0v) is 11.5. The molecule has 0 aromatic carbocycles. The van der Waals surface area contributed by atoms with Gasteiger partial charge in [-0.05, 0) is 26.0 Å². The summed E-state index contributed by atoms with van der Waals surface area (Å²) in [6.45, 7) is 3.10. The van der Waals surface area contributed by atoms with Gasteiger partial charge in [0.15, 0.2) is 0 Å². The number of halogens is 1.